The van der Waals surface area contributed by atoms with Gasteiger partial charge in [-0.15, -0.1) is 0 Å². The first-order chi connectivity index (χ1) is 21.2. The Morgan fingerprint density at radius 3 is 2.23 bits per heavy atom. The number of para-hydroxylation sites is 2. The number of carbonyl (C=O) groups excluding carboxylic acids is 1. The third-order valence-corrected chi connectivity index (χ3v) is 9.74. The summed E-state index contributed by atoms with van der Waals surface area (Å²) in [6, 6.07) is 18.2. The Hall–Kier alpha value is -3.06. The van der Waals surface area contributed by atoms with E-state index in [1.807, 2.05) is 42.5 Å². The van der Waals surface area contributed by atoms with Crippen molar-refractivity contribution in [2.45, 2.75) is 121 Å². The summed E-state index contributed by atoms with van der Waals surface area (Å²) < 4.78 is 3.89. The highest BCUT2D eigenvalue weighted by Crippen LogP contribution is 2.30. The fraction of sp³-hybridized carbons (Fsp3) is 0.528. The minimum absolute atomic E-state index is 0.00856. The molecule has 1 fully saturated rings. The molecule has 1 aliphatic rings. The van der Waals surface area contributed by atoms with E-state index in [4.69, 9.17) is 4.98 Å². The zero-order valence-electron chi connectivity index (χ0n) is 25.9. The molecule has 0 radical (unpaired) electrons. The molecule has 4 aromatic rings. The molecule has 1 amide bonds. The highest BCUT2D eigenvalue weighted by molar-refractivity contribution is 7.99. The van der Waals surface area contributed by atoms with Crippen LogP contribution in [0.3, 0.4) is 0 Å². The molecule has 230 valence electrons. The van der Waals surface area contributed by atoms with Crippen LogP contribution in [0.25, 0.3) is 27.6 Å². The van der Waals surface area contributed by atoms with Crippen LogP contribution < -0.4 is 10.9 Å². The van der Waals surface area contributed by atoms with Crippen LogP contribution in [0.5, 0.6) is 0 Å². The van der Waals surface area contributed by atoms with Crippen molar-refractivity contribution in [3.63, 3.8) is 0 Å². The molecule has 1 N–H and O–H groups in total. The number of aryl methyl sites for hydroxylation is 1. The zero-order valence-corrected chi connectivity index (χ0v) is 26.7. The van der Waals surface area contributed by atoms with Crippen molar-refractivity contribution in [3.05, 3.63) is 65.0 Å². The molecule has 1 saturated carbocycles. The summed E-state index contributed by atoms with van der Waals surface area (Å²) in [5, 5.41) is 4.76. The van der Waals surface area contributed by atoms with Gasteiger partial charge < -0.3 is 9.88 Å². The van der Waals surface area contributed by atoms with E-state index in [-0.39, 0.29) is 23.3 Å². The maximum Gasteiger partial charge on any atom is 0.283 e. The van der Waals surface area contributed by atoms with Gasteiger partial charge in [0.2, 0.25) is 5.91 Å². The number of rotatable bonds is 16. The van der Waals surface area contributed by atoms with Crippen LogP contribution in [0.15, 0.2) is 64.5 Å². The van der Waals surface area contributed by atoms with Gasteiger partial charge in [-0.3, -0.25) is 14.2 Å². The first-order valence-corrected chi connectivity index (χ1v) is 17.7. The number of unbranched alkanes of at least 4 members (excludes halogenated alkanes) is 9. The SMILES string of the molecule is CCCCCCCCCCCCn1c2ccccc2c2nc(SCC(=O)NC3CCCCC3)n(-c3ccccc3)c(=O)c21. The molecule has 0 unspecified atom stereocenters. The number of benzene rings is 2. The molecule has 6 nitrogen and oxygen atoms in total. The van der Waals surface area contributed by atoms with E-state index in [0.717, 1.165) is 54.3 Å². The zero-order chi connectivity index (χ0) is 29.9. The van der Waals surface area contributed by atoms with E-state index < -0.39 is 0 Å². The predicted octanol–water partition coefficient (Wildman–Crippen LogP) is 8.80. The van der Waals surface area contributed by atoms with Gasteiger partial charge in [0.05, 0.1) is 17.0 Å². The number of carbonyl (C=O) groups is 1. The van der Waals surface area contributed by atoms with Gasteiger partial charge in [-0.1, -0.05) is 132 Å². The third kappa shape index (κ3) is 8.11. The van der Waals surface area contributed by atoms with Crippen molar-refractivity contribution < 1.29 is 4.79 Å². The van der Waals surface area contributed by atoms with E-state index in [9.17, 15) is 9.59 Å². The highest BCUT2D eigenvalue weighted by atomic mass is 32.2. The van der Waals surface area contributed by atoms with E-state index in [2.05, 4.69) is 28.9 Å². The second-order valence-corrected chi connectivity index (χ2v) is 13.1. The average Bonchev–Trinajstić information content (AvgIpc) is 3.35. The van der Waals surface area contributed by atoms with Crippen molar-refractivity contribution in [2.24, 2.45) is 0 Å². The molecule has 5 rings (SSSR count). The molecule has 2 aromatic carbocycles. The molecule has 0 saturated heterocycles. The van der Waals surface area contributed by atoms with Crippen LogP contribution in [0.1, 0.15) is 103 Å². The molecule has 0 atom stereocenters. The largest absolute Gasteiger partial charge is 0.353 e. The summed E-state index contributed by atoms with van der Waals surface area (Å²) in [4.78, 5) is 32.4. The Balaban J connectivity index is 1.37. The van der Waals surface area contributed by atoms with Gasteiger partial charge in [0.1, 0.15) is 11.0 Å². The van der Waals surface area contributed by atoms with Gasteiger partial charge in [0, 0.05) is 18.0 Å². The van der Waals surface area contributed by atoms with Crippen LogP contribution in [0.2, 0.25) is 0 Å². The Kier molecular flexibility index (Phi) is 11.8. The molecule has 1 aliphatic carbocycles. The van der Waals surface area contributed by atoms with Crippen molar-refractivity contribution >= 4 is 39.6 Å². The van der Waals surface area contributed by atoms with Crippen LogP contribution >= 0.6 is 11.8 Å². The monoisotopic (exact) mass is 600 g/mol. The number of hydrogen-bond donors (Lipinski definition) is 1. The summed E-state index contributed by atoms with van der Waals surface area (Å²) in [7, 11) is 0. The second-order valence-electron chi connectivity index (χ2n) is 12.1. The van der Waals surface area contributed by atoms with E-state index >= 15 is 0 Å². The number of hydrogen-bond acceptors (Lipinski definition) is 4. The van der Waals surface area contributed by atoms with Crippen molar-refractivity contribution in [1.82, 2.24) is 19.4 Å². The fourth-order valence-electron chi connectivity index (χ4n) is 6.49. The first-order valence-electron chi connectivity index (χ1n) is 16.7. The quantitative estimate of drug-likeness (QED) is 0.0793. The fourth-order valence-corrected chi connectivity index (χ4v) is 7.31. The van der Waals surface area contributed by atoms with Crippen LogP contribution in [0.4, 0.5) is 0 Å². The molecule has 43 heavy (non-hydrogen) atoms. The highest BCUT2D eigenvalue weighted by Gasteiger charge is 2.22. The van der Waals surface area contributed by atoms with Gasteiger partial charge >= 0.3 is 0 Å². The van der Waals surface area contributed by atoms with E-state index in [1.54, 1.807) is 4.57 Å². The number of aromatic nitrogens is 3. The van der Waals surface area contributed by atoms with Gasteiger partial charge in [-0.05, 0) is 37.5 Å². The molecule has 0 bridgehead atoms. The van der Waals surface area contributed by atoms with Gasteiger partial charge in [-0.2, -0.15) is 0 Å². The maximum atomic E-state index is 14.4. The van der Waals surface area contributed by atoms with Gasteiger partial charge in [0.15, 0.2) is 5.16 Å². The van der Waals surface area contributed by atoms with Crippen molar-refractivity contribution in [1.29, 1.82) is 0 Å². The molecule has 2 aromatic heterocycles. The van der Waals surface area contributed by atoms with Gasteiger partial charge in [-0.25, -0.2) is 4.98 Å². The van der Waals surface area contributed by atoms with Crippen molar-refractivity contribution in [3.8, 4) is 5.69 Å². The second kappa shape index (κ2) is 16.1. The van der Waals surface area contributed by atoms with Crippen LogP contribution in [-0.2, 0) is 11.3 Å². The Bertz CT molecular complexity index is 1520. The third-order valence-electron chi connectivity index (χ3n) is 8.80. The van der Waals surface area contributed by atoms with Crippen LogP contribution in [0, 0.1) is 0 Å². The lowest BCUT2D eigenvalue weighted by atomic mass is 9.95. The topological polar surface area (TPSA) is 68.9 Å². The van der Waals surface area contributed by atoms with Gasteiger partial charge in [0.25, 0.3) is 5.56 Å². The summed E-state index contributed by atoms with van der Waals surface area (Å²) in [5.41, 5.74) is 3.13. The summed E-state index contributed by atoms with van der Waals surface area (Å²) in [5.74, 6) is 0.243. The number of nitrogens with zero attached hydrogens (tertiary/aromatic N) is 3. The average molecular weight is 601 g/mol. The Morgan fingerprint density at radius 2 is 1.51 bits per heavy atom. The maximum absolute atomic E-state index is 14.4. The minimum atomic E-state index is -0.0744. The molecular weight excluding hydrogens is 552 g/mol. The standard InChI is InChI=1S/C36H48N4O2S/c1-2-3-4-5-6-7-8-9-10-19-26-39-31-25-18-17-24-30(31)33-34(39)35(42)40(29-22-15-12-16-23-29)36(38-33)43-27-32(41)37-28-20-13-11-14-21-28/h12,15-18,22-25,28H,2-11,13-14,19-21,26-27H2,1H3,(H,37,41). The molecule has 0 spiro atoms. The number of nitrogens with one attached hydrogen (secondary N) is 1. The lowest BCUT2D eigenvalue weighted by molar-refractivity contribution is -0.119. The van der Waals surface area contributed by atoms with E-state index in [1.165, 1.54) is 82.4 Å². The first kappa shape index (κ1) is 31.4. The Labute approximate surface area is 260 Å². The van der Waals surface area contributed by atoms with Crippen LogP contribution in [-0.4, -0.2) is 31.8 Å². The number of thioether (sulfide) groups is 1. The minimum Gasteiger partial charge on any atom is -0.353 e. The van der Waals surface area contributed by atoms with Crippen molar-refractivity contribution in [2.75, 3.05) is 5.75 Å². The molecule has 0 aliphatic heterocycles. The molecular formula is C36H48N4O2S. The summed E-state index contributed by atoms with van der Waals surface area (Å²) in [6.07, 6.45) is 18.5. The normalized spacial score (nSPS) is 14.1. The number of amides is 1. The summed E-state index contributed by atoms with van der Waals surface area (Å²) in [6.45, 7) is 3.06. The molecule has 2 heterocycles. The smallest absolute Gasteiger partial charge is 0.283 e. The van der Waals surface area contributed by atoms with E-state index in [0.29, 0.717) is 10.7 Å². The lowest BCUT2D eigenvalue weighted by Gasteiger charge is -2.22. The lowest BCUT2D eigenvalue weighted by Crippen LogP contribution is -2.37. The summed E-state index contributed by atoms with van der Waals surface area (Å²) >= 11 is 1.35. The predicted molar refractivity (Wildman–Crippen MR) is 180 cm³/mol. The number of fused-ring (bicyclic) bond motifs is 3. The Morgan fingerprint density at radius 1 is 0.860 bits per heavy atom. The molecule has 7 heteroatoms.